The number of halogens is 3. The Bertz CT molecular complexity index is 871. The van der Waals surface area contributed by atoms with E-state index in [9.17, 15) is 13.6 Å². The van der Waals surface area contributed by atoms with Crippen LogP contribution < -0.4 is 4.74 Å². The topological polar surface area (TPSA) is 37.7 Å². The minimum absolute atomic E-state index is 0. The van der Waals surface area contributed by atoms with Crippen molar-refractivity contribution in [1.82, 2.24) is 14.4 Å². The smallest absolute Gasteiger partial charge is 0.319 e. The number of aryl methyl sites for hydroxylation is 1. The number of methoxy groups -OCH3 is 1. The molecule has 3 atom stereocenters. The fourth-order valence-corrected chi connectivity index (χ4v) is 4.87. The molecule has 2 aromatic rings. The van der Waals surface area contributed by atoms with Crippen molar-refractivity contribution in [2.24, 2.45) is 11.8 Å². The lowest BCUT2D eigenvalue weighted by Gasteiger charge is -2.27. The first-order chi connectivity index (χ1) is 13.4. The van der Waals surface area contributed by atoms with Gasteiger partial charge in [-0.2, -0.15) is 8.78 Å². The van der Waals surface area contributed by atoms with E-state index in [0.29, 0.717) is 30.6 Å². The van der Waals surface area contributed by atoms with Crippen molar-refractivity contribution < 1.29 is 18.3 Å². The van der Waals surface area contributed by atoms with Gasteiger partial charge in [-0.3, -0.25) is 14.3 Å². The molecule has 2 aliphatic rings. The number of amides is 1. The number of benzene rings is 1. The third kappa shape index (κ3) is 3.73. The summed E-state index contributed by atoms with van der Waals surface area (Å²) in [4.78, 5) is 17.0. The van der Waals surface area contributed by atoms with E-state index in [1.54, 1.807) is 25.0 Å². The second kappa shape index (κ2) is 8.32. The molecular formula is C21H26ClF2N3O2. The highest BCUT2D eigenvalue weighted by atomic mass is 35.5. The van der Waals surface area contributed by atoms with Gasteiger partial charge in [0.15, 0.2) is 0 Å². The lowest BCUT2D eigenvalue weighted by atomic mass is 9.89. The molecule has 2 fully saturated rings. The third-order valence-electron chi connectivity index (χ3n) is 6.18. The largest absolute Gasteiger partial charge is 0.497 e. The van der Waals surface area contributed by atoms with Crippen molar-refractivity contribution in [3.05, 3.63) is 53.3 Å². The Hall–Kier alpha value is -2.12. The number of alkyl halides is 2. The Balaban J connectivity index is 0.00000240. The summed E-state index contributed by atoms with van der Waals surface area (Å²) in [7, 11) is 3.74. The minimum atomic E-state index is -2.71. The quantitative estimate of drug-likeness (QED) is 0.743. The van der Waals surface area contributed by atoms with Crippen LogP contribution in [0.5, 0.6) is 5.75 Å². The lowest BCUT2D eigenvalue weighted by molar-refractivity contribution is 0.0557. The van der Waals surface area contributed by atoms with Crippen LogP contribution in [0.2, 0.25) is 0 Å². The number of carbonyl (C=O) groups is 1. The third-order valence-corrected chi connectivity index (χ3v) is 6.18. The summed E-state index contributed by atoms with van der Waals surface area (Å²) >= 11 is 0. The number of carbonyl (C=O) groups excluding carboxylic acids is 1. The van der Waals surface area contributed by atoms with E-state index in [4.69, 9.17) is 4.74 Å². The number of nitrogens with zero attached hydrogens (tertiary/aromatic N) is 3. The van der Waals surface area contributed by atoms with Crippen LogP contribution in [0.4, 0.5) is 8.78 Å². The van der Waals surface area contributed by atoms with Crippen LogP contribution in [-0.2, 0) is 0 Å². The van der Waals surface area contributed by atoms with Crippen molar-refractivity contribution >= 4 is 18.3 Å². The molecule has 0 radical (unpaired) electrons. The molecule has 0 spiro atoms. The molecule has 3 heterocycles. The number of hydrogen-bond donors (Lipinski definition) is 0. The summed E-state index contributed by atoms with van der Waals surface area (Å²) in [6.07, 6.45) is 0. The lowest BCUT2D eigenvalue weighted by Crippen LogP contribution is -2.34. The minimum Gasteiger partial charge on any atom is -0.497 e. The number of ether oxygens (including phenoxy) is 1. The van der Waals surface area contributed by atoms with Gasteiger partial charge in [-0.15, -0.1) is 12.4 Å². The van der Waals surface area contributed by atoms with Gasteiger partial charge in [0.2, 0.25) is 0 Å². The van der Waals surface area contributed by atoms with Crippen LogP contribution >= 0.6 is 12.4 Å². The average Bonchev–Trinajstić information content (AvgIpc) is 3.33. The predicted molar refractivity (Wildman–Crippen MR) is 109 cm³/mol. The number of likely N-dealkylation sites (tertiary alicyclic amines) is 2. The van der Waals surface area contributed by atoms with Gasteiger partial charge in [-0.25, -0.2) is 0 Å². The molecule has 2 saturated heterocycles. The molecule has 0 aliphatic carbocycles. The van der Waals surface area contributed by atoms with Crippen LogP contribution in [-0.4, -0.2) is 54.1 Å². The van der Waals surface area contributed by atoms with Crippen molar-refractivity contribution in [1.29, 1.82) is 0 Å². The first kappa shape index (κ1) is 21.6. The Morgan fingerprint density at radius 2 is 1.79 bits per heavy atom. The zero-order valence-electron chi connectivity index (χ0n) is 16.7. The number of hydrogen-bond acceptors (Lipinski definition) is 3. The Morgan fingerprint density at radius 3 is 2.41 bits per heavy atom. The van der Waals surface area contributed by atoms with Gasteiger partial charge >= 0.3 is 6.55 Å². The summed E-state index contributed by atoms with van der Waals surface area (Å²) < 4.78 is 32.8. The SMILES string of the molecule is COc1ccc([C@H]2[C@@H]3CN(C(=O)c4ccc(C)n4C(F)F)C[C@@H]3CN2C)cc1.Cl. The second-order valence-electron chi connectivity index (χ2n) is 7.80. The van der Waals surface area contributed by atoms with Gasteiger partial charge in [0.1, 0.15) is 11.4 Å². The molecule has 0 unspecified atom stereocenters. The summed E-state index contributed by atoms with van der Waals surface area (Å²) in [5.41, 5.74) is 1.66. The van der Waals surface area contributed by atoms with Crippen molar-refractivity contribution in [2.75, 3.05) is 33.8 Å². The van der Waals surface area contributed by atoms with E-state index in [0.717, 1.165) is 16.9 Å². The highest BCUT2D eigenvalue weighted by Crippen LogP contribution is 2.44. The molecule has 29 heavy (non-hydrogen) atoms. The number of aromatic nitrogens is 1. The van der Waals surface area contributed by atoms with Crippen LogP contribution in [0.15, 0.2) is 36.4 Å². The van der Waals surface area contributed by atoms with Crippen LogP contribution in [0.3, 0.4) is 0 Å². The maximum absolute atomic E-state index is 13.4. The Morgan fingerprint density at radius 1 is 1.10 bits per heavy atom. The summed E-state index contributed by atoms with van der Waals surface area (Å²) in [6.45, 7) is 0.955. The van der Waals surface area contributed by atoms with Crippen molar-refractivity contribution in [3.63, 3.8) is 0 Å². The summed E-state index contributed by atoms with van der Waals surface area (Å²) in [5, 5.41) is 0. The van der Waals surface area contributed by atoms with E-state index >= 15 is 0 Å². The highest BCUT2D eigenvalue weighted by Gasteiger charge is 2.47. The number of rotatable bonds is 4. The van der Waals surface area contributed by atoms with E-state index < -0.39 is 6.55 Å². The molecule has 8 heteroatoms. The fourth-order valence-electron chi connectivity index (χ4n) is 4.87. The molecule has 0 saturated carbocycles. The predicted octanol–water partition coefficient (Wildman–Crippen LogP) is 4.00. The van der Waals surface area contributed by atoms with Gasteiger partial charge in [0.25, 0.3) is 5.91 Å². The van der Waals surface area contributed by atoms with Crippen LogP contribution in [0.25, 0.3) is 0 Å². The second-order valence-corrected chi connectivity index (χ2v) is 7.80. The number of fused-ring (bicyclic) bond motifs is 1. The maximum Gasteiger partial charge on any atom is 0.319 e. The molecule has 4 rings (SSSR count). The zero-order valence-corrected chi connectivity index (χ0v) is 17.5. The van der Waals surface area contributed by atoms with Crippen LogP contribution in [0, 0.1) is 18.8 Å². The molecule has 158 valence electrons. The maximum atomic E-state index is 13.4. The van der Waals surface area contributed by atoms with Gasteiger partial charge in [0, 0.05) is 37.3 Å². The van der Waals surface area contributed by atoms with E-state index in [1.807, 2.05) is 12.1 Å². The highest BCUT2D eigenvalue weighted by molar-refractivity contribution is 5.93. The first-order valence-electron chi connectivity index (χ1n) is 9.50. The standard InChI is InChI=1S/C21H25F2N3O2.ClH/c1-13-4-9-18(26(13)21(22)23)20(27)25-11-15-10-24(2)19(17(15)12-25)14-5-7-16(28-3)8-6-14;/h4-9,15,17,19,21H,10-12H2,1-3H3;1H/t15-,17+,19-;/m0./s1. The Labute approximate surface area is 175 Å². The molecule has 2 aliphatic heterocycles. The van der Waals surface area contributed by atoms with Crippen LogP contribution in [0.1, 0.15) is 34.3 Å². The normalized spacial score (nSPS) is 23.9. The molecular weight excluding hydrogens is 400 g/mol. The van der Waals surface area contributed by atoms with E-state index in [-0.39, 0.29) is 30.0 Å². The molecule has 1 aromatic heterocycles. The molecule has 1 amide bonds. The van der Waals surface area contributed by atoms with Gasteiger partial charge in [-0.05, 0) is 49.7 Å². The van der Waals surface area contributed by atoms with Gasteiger partial charge in [0.05, 0.1) is 7.11 Å². The van der Waals surface area contributed by atoms with Gasteiger partial charge < -0.3 is 9.64 Å². The van der Waals surface area contributed by atoms with E-state index in [1.165, 1.54) is 11.6 Å². The molecule has 5 nitrogen and oxygen atoms in total. The van der Waals surface area contributed by atoms with E-state index in [2.05, 4.69) is 24.1 Å². The summed E-state index contributed by atoms with van der Waals surface area (Å²) in [5.74, 6) is 1.14. The molecule has 0 bridgehead atoms. The molecule has 0 N–H and O–H groups in total. The molecule has 1 aromatic carbocycles. The van der Waals surface area contributed by atoms with Crippen molar-refractivity contribution in [3.8, 4) is 5.75 Å². The average molecular weight is 426 g/mol. The van der Waals surface area contributed by atoms with Gasteiger partial charge in [-0.1, -0.05) is 12.1 Å². The Kier molecular flexibility index (Phi) is 6.19. The fraction of sp³-hybridized carbons (Fsp3) is 0.476. The summed E-state index contributed by atoms with van der Waals surface area (Å²) in [6, 6.07) is 11.3. The van der Waals surface area contributed by atoms with Crippen molar-refractivity contribution in [2.45, 2.75) is 19.5 Å². The zero-order chi connectivity index (χ0) is 20.0. The monoisotopic (exact) mass is 425 g/mol. The first-order valence-corrected chi connectivity index (χ1v) is 9.50.